The number of carbonyl (C=O) groups is 2. The first kappa shape index (κ1) is 19.9. The lowest BCUT2D eigenvalue weighted by molar-refractivity contribution is -0.125. The lowest BCUT2D eigenvalue weighted by Crippen LogP contribution is -2.42. The average Bonchev–Trinajstić information content (AvgIpc) is 2.66. The molecular weight excluding hydrogens is 338 g/mol. The summed E-state index contributed by atoms with van der Waals surface area (Å²) in [5.41, 5.74) is 0.170. The van der Waals surface area contributed by atoms with E-state index in [9.17, 15) is 9.59 Å². The largest absolute Gasteiger partial charge is 0.496 e. The summed E-state index contributed by atoms with van der Waals surface area (Å²) in [6.07, 6.45) is 4.37. The Morgan fingerprint density at radius 1 is 1.00 bits per heavy atom. The molecule has 1 fully saturated rings. The minimum atomic E-state index is -0.658. The maximum Gasteiger partial charge on any atom is 0.342 e. The zero-order valence-electron chi connectivity index (χ0n) is 15.8. The molecule has 2 rings (SSSR count). The second kappa shape index (κ2) is 9.31. The van der Waals surface area contributed by atoms with Crippen molar-refractivity contribution >= 4 is 11.9 Å². The Morgan fingerprint density at radius 2 is 1.62 bits per heavy atom. The van der Waals surface area contributed by atoms with E-state index in [0.717, 1.165) is 19.3 Å². The Labute approximate surface area is 153 Å². The number of hydrogen-bond donors (Lipinski definition) is 1. The molecule has 0 bridgehead atoms. The predicted molar refractivity (Wildman–Crippen MR) is 95.9 cm³/mol. The molecule has 0 unspecified atom stereocenters. The van der Waals surface area contributed by atoms with E-state index in [-0.39, 0.29) is 29.9 Å². The lowest BCUT2D eigenvalue weighted by Gasteiger charge is -2.29. The van der Waals surface area contributed by atoms with Gasteiger partial charge in [0, 0.05) is 18.2 Å². The number of nitrogens with one attached hydrogen (secondary N) is 1. The molecule has 0 radical (unpaired) electrons. The van der Waals surface area contributed by atoms with E-state index in [2.05, 4.69) is 12.2 Å². The Hall–Kier alpha value is -2.44. The molecule has 0 aliphatic heterocycles. The van der Waals surface area contributed by atoms with Crippen molar-refractivity contribution in [2.24, 2.45) is 5.92 Å². The molecule has 1 aliphatic carbocycles. The van der Waals surface area contributed by atoms with Crippen molar-refractivity contribution in [2.75, 3.05) is 27.9 Å². The SMILES string of the molecule is COc1cc(OC)c(C(=O)OCC(=O)N[C@@H]2CCCC[C@@H]2C)cc1OC. The van der Waals surface area contributed by atoms with Crippen LogP contribution in [0.1, 0.15) is 43.0 Å². The summed E-state index contributed by atoms with van der Waals surface area (Å²) >= 11 is 0. The van der Waals surface area contributed by atoms with Gasteiger partial charge in [-0.15, -0.1) is 0 Å². The van der Waals surface area contributed by atoms with E-state index in [0.29, 0.717) is 17.4 Å². The molecule has 7 nitrogen and oxygen atoms in total. The van der Waals surface area contributed by atoms with Gasteiger partial charge in [-0.3, -0.25) is 4.79 Å². The number of benzene rings is 1. The van der Waals surface area contributed by atoms with E-state index < -0.39 is 5.97 Å². The van der Waals surface area contributed by atoms with Crippen LogP contribution in [0.4, 0.5) is 0 Å². The third-order valence-corrected chi connectivity index (χ3v) is 4.72. The minimum Gasteiger partial charge on any atom is -0.496 e. The fraction of sp³-hybridized carbons (Fsp3) is 0.579. The molecular formula is C19H27NO6. The predicted octanol–water partition coefficient (Wildman–Crippen LogP) is 2.56. The number of amides is 1. The Kier molecular flexibility index (Phi) is 7.12. The van der Waals surface area contributed by atoms with Crippen molar-refractivity contribution in [1.82, 2.24) is 5.32 Å². The zero-order chi connectivity index (χ0) is 19.1. The van der Waals surface area contributed by atoms with E-state index in [1.807, 2.05) is 0 Å². The highest BCUT2D eigenvalue weighted by molar-refractivity contribution is 5.95. The molecule has 144 valence electrons. The van der Waals surface area contributed by atoms with Gasteiger partial charge in [0.2, 0.25) is 0 Å². The van der Waals surface area contributed by atoms with Crippen LogP contribution in [0, 0.1) is 5.92 Å². The van der Waals surface area contributed by atoms with Gasteiger partial charge in [0.15, 0.2) is 18.1 Å². The van der Waals surface area contributed by atoms with Crippen LogP contribution in [-0.2, 0) is 9.53 Å². The van der Waals surface area contributed by atoms with Gasteiger partial charge in [-0.2, -0.15) is 0 Å². The average molecular weight is 365 g/mol. The highest BCUT2D eigenvalue weighted by Crippen LogP contribution is 2.34. The van der Waals surface area contributed by atoms with Crippen LogP contribution in [0.5, 0.6) is 17.2 Å². The van der Waals surface area contributed by atoms with Crippen molar-refractivity contribution in [3.05, 3.63) is 17.7 Å². The van der Waals surface area contributed by atoms with Crippen LogP contribution >= 0.6 is 0 Å². The summed E-state index contributed by atoms with van der Waals surface area (Å²) in [5.74, 6) is 0.583. The number of ether oxygens (including phenoxy) is 4. The first-order chi connectivity index (χ1) is 12.5. The number of esters is 1. The van der Waals surface area contributed by atoms with E-state index in [1.54, 1.807) is 6.07 Å². The first-order valence-corrected chi connectivity index (χ1v) is 8.76. The van der Waals surface area contributed by atoms with Crippen LogP contribution in [0.15, 0.2) is 12.1 Å². The quantitative estimate of drug-likeness (QED) is 0.748. The fourth-order valence-corrected chi connectivity index (χ4v) is 3.18. The summed E-state index contributed by atoms with van der Waals surface area (Å²) < 4.78 is 20.8. The summed E-state index contributed by atoms with van der Waals surface area (Å²) in [5, 5.41) is 2.95. The maximum atomic E-state index is 12.4. The molecule has 1 aromatic carbocycles. The molecule has 7 heteroatoms. The topological polar surface area (TPSA) is 83.1 Å². The Morgan fingerprint density at radius 3 is 2.23 bits per heavy atom. The van der Waals surface area contributed by atoms with Gasteiger partial charge in [-0.05, 0) is 18.8 Å². The second-order valence-electron chi connectivity index (χ2n) is 6.42. The van der Waals surface area contributed by atoms with Gasteiger partial charge in [-0.1, -0.05) is 19.8 Å². The summed E-state index contributed by atoms with van der Waals surface area (Å²) in [7, 11) is 4.40. The van der Waals surface area contributed by atoms with Gasteiger partial charge in [0.05, 0.1) is 21.3 Å². The first-order valence-electron chi connectivity index (χ1n) is 8.76. The third-order valence-electron chi connectivity index (χ3n) is 4.72. The van der Waals surface area contributed by atoms with Crippen molar-refractivity contribution in [3.8, 4) is 17.2 Å². The molecule has 1 aliphatic rings. The van der Waals surface area contributed by atoms with Crippen LogP contribution in [0.25, 0.3) is 0 Å². The van der Waals surface area contributed by atoms with Crippen molar-refractivity contribution in [3.63, 3.8) is 0 Å². The molecule has 0 saturated heterocycles. The van der Waals surface area contributed by atoms with Crippen LogP contribution in [0.2, 0.25) is 0 Å². The number of methoxy groups -OCH3 is 3. The molecule has 1 saturated carbocycles. The zero-order valence-corrected chi connectivity index (χ0v) is 15.8. The molecule has 26 heavy (non-hydrogen) atoms. The lowest BCUT2D eigenvalue weighted by atomic mass is 9.86. The molecule has 1 amide bonds. The monoisotopic (exact) mass is 365 g/mol. The van der Waals surface area contributed by atoms with E-state index in [1.165, 1.54) is 33.8 Å². The Bertz CT molecular complexity index is 645. The number of rotatable bonds is 7. The highest BCUT2D eigenvalue weighted by Gasteiger charge is 2.24. The van der Waals surface area contributed by atoms with Crippen molar-refractivity contribution in [1.29, 1.82) is 0 Å². The van der Waals surface area contributed by atoms with Crippen molar-refractivity contribution < 1.29 is 28.5 Å². The van der Waals surface area contributed by atoms with Crippen LogP contribution in [0.3, 0.4) is 0 Å². The van der Waals surface area contributed by atoms with E-state index in [4.69, 9.17) is 18.9 Å². The molecule has 1 aromatic rings. The standard InChI is InChI=1S/C19H27NO6/c1-12-7-5-6-8-14(12)20-18(21)11-26-19(22)13-9-16(24-3)17(25-4)10-15(13)23-2/h9-10,12,14H,5-8,11H2,1-4H3,(H,20,21)/t12-,14+/m0/s1. The summed E-state index contributed by atoms with van der Waals surface area (Å²) in [4.78, 5) is 24.5. The highest BCUT2D eigenvalue weighted by atomic mass is 16.5. The normalized spacial score (nSPS) is 19.4. The van der Waals surface area contributed by atoms with Crippen molar-refractivity contribution in [2.45, 2.75) is 38.6 Å². The van der Waals surface area contributed by atoms with Gasteiger partial charge in [0.1, 0.15) is 11.3 Å². The number of carbonyl (C=O) groups excluding carboxylic acids is 2. The molecule has 0 heterocycles. The summed E-state index contributed by atoms with van der Waals surface area (Å²) in [6.45, 7) is 1.80. The maximum absolute atomic E-state index is 12.4. The Balaban J connectivity index is 1.99. The van der Waals surface area contributed by atoms with Gasteiger partial charge in [-0.25, -0.2) is 4.79 Å². The summed E-state index contributed by atoms with van der Waals surface area (Å²) in [6, 6.07) is 3.16. The van der Waals surface area contributed by atoms with Crippen LogP contribution < -0.4 is 19.5 Å². The second-order valence-corrected chi connectivity index (χ2v) is 6.42. The number of hydrogen-bond acceptors (Lipinski definition) is 6. The molecule has 0 spiro atoms. The van der Waals surface area contributed by atoms with Gasteiger partial charge in [0.25, 0.3) is 5.91 Å². The smallest absolute Gasteiger partial charge is 0.342 e. The van der Waals surface area contributed by atoms with Gasteiger partial charge >= 0.3 is 5.97 Å². The molecule has 1 N–H and O–H groups in total. The molecule has 2 atom stereocenters. The minimum absolute atomic E-state index is 0.144. The van der Waals surface area contributed by atoms with E-state index >= 15 is 0 Å². The van der Waals surface area contributed by atoms with Crippen LogP contribution in [-0.4, -0.2) is 45.9 Å². The third kappa shape index (κ3) is 4.80. The van der Waals surface area contributed by atoms with Gasteiger partial charge < -0.3 is 24.3 Å². The fourth-order valence-electron chi connectivity index (χ4n) is 3.18. The molecule has 0 aromatic heterocycles.